The van der Waals surface area contributed by atoms with Crippen LogP contribution in [0.2, 0.25) is 0 Å². The van der Waals surface area contributed by atoms with Crippen LogP contribution >= 0.6 is 0 Å². The SMILES string of the molecule is O=CCN1CC(=O)N2CCCC2C1=O. The molecule has 2 rings (SSSR count). The Balaban J connectivity index is 2.16. The van der Waals surface area contributed by atoms with E-state index in [1.54, 1.807) is 4.90 Å². The molecular weight excluding hydrogens is 184 g/mol. The highest BCUT2D eigenvalue weighted by molar-refractivity contribution is 5.96. The molecule has 2 fully saturated rings. The summed E-state index contributed by atoms with van der Waals surface area (Å²) in [5.41, 5.74) is 0. The van der Waals surface area contributed by atoms with Gasteiger partial charge in [0.05, 0.1) is 6.54 Å². The van der Waals surface area contributed by atoms with E-state index in [1.807, 2.05) is 0 Å². The van der Waals surface area contributed by atoms with Gasteiger partial charge in [-0.05, 0) is 12.8 Å². The summed E-state index contributed by atoms with van der Waals surface area (Å²) in [7, 11) is 0. The molecule has 2 amide bonds. The van der Waals surface area contributed by atoms with Crippen LogP contribution in [-0.2, 0) is 14.4 Å². The quantitative estimate of drug-likeness (QED) is 0.533. The van der Waals surface area contributed by atoms with Crippen molar-refractivity contribution in [3.8, 4) is 0 Å². The molecule has 1 unspecified atom stereocenters. The molecule has 2 heterocycles. The topological polar surface area (TPSA) is 57.7 Å². The molecule has 0 aromatic rings. The molecular formula is C9H12N2O3. The number of rotatable bonds is 2. The zero-order valence-corrected chi connectivity index (χ0v) is 7.81. The van der Waals surface area contributed by atoms with E-state index >= 15 is 0 Å². The standard InChI is InChI=1S/C9H12N2O3/c12-5-4-10-6-8(13)11-3-1-2-7(11)9(10)14/h5,7H,1-4,6H2. The zero-order chi connectivity index (χ0) is 10.1. The van der Waals surface area contributed by atoms with E-state index in [9.17, 15) is 14.4 Å². The first kappa shape index (κ1) is 9.18. The van der Waals surface area contributed by atoms with Crippen LogP contribution in [-0.4, -0.2) is 53.6 Å². The highest BCUT2D eigenvalue weighted by Crippen LogP contribution is 2.22. The highest BCUT2D eigenvalue weighted by atomic mass is 16.2. The molecule has 5 nitrogen and oxygen atoms in total. The van der Waals surface area contributed by atoms with Gasteiger partial charge in [0, 0.05) is 6.54 Å². The van der Waals surface area contributed by atoms with Crippen molar-refractivity contribution in [3.05, 3.63) is 0 Å². The molecule has 0 spiro atoms. The lowest BCUT2D eigenvalue weighted by atomic mass is 10.1. The van der Waals surface area contributed by atoms with E-state index in [-0.39, 0.29) is 30.9 Å². The van der Waals surface area contributed by atoms with Gasteiger partial charge in [-0.1, -0.05) is 0 Å². The highest BCUT2D eigenvalue weighted by Gasteiger charge is 2.41. The van der Waals surface area contributed by atoms with E-state index in [0.717, 1.165) is 12.8 Å². The molecule has 2 saturated heterocycles. The molecule has 0 N–H and O–H groups in total. The average molecular weight is 196 g/mol. The molecule has 0 aromatic carbocycles. The third-order valence-corrected chi connectivity index (χ3v) is 2.79. The van der Waals surface area contributed by atoms with Crippen LogP contribution in [0.3, 0.4) is 0 Å². The summed E-state index contributed by atoms with van der Waals surface area (Å²) >= 11 is 0. The molecule has 5 heteroatoms. The van der Waals surface area contributed by atoms with Crippen molar-refractivity contribution in [2.75, 3.05) is 19.6 Å². The first-order valence-corrected chi connectivity index (χ1v) is 4.76. The summed E-state index contributed by atoms with van der Waals surface area (Å²) in [6.07, 6.45) is 2.28. The number of carbonyl (C=O) groups excluding carboxylic acids is 3. The van der Waals surface area contributed by atoms with Crippen LogP contribution in [0.15, 0.2) is 0 Å². The average Bonchev–Trinajstić information content (AvgIpc) is 2.63. The molecule has 0 aromatic heterocycles. The van der Waals surface area contributed by atoms with Crippen LogP contribution in [0.25, 0.3) is 0 Å². The van der Waals surface area contributed by atoms with E-state index in [1.165, 1.54) is 4.90 Å². The van der Waals surface area contributed by atoms with Gasteiger partial charge in [0.15, 0.2) is 0 Å². The Labute approximate surface area is 81.7 Å². The van der Waals surface area contributed by atoms with Crippen molar-refractivity contribution in [1.82, 2.24) is 9.80 Å². The summed E-state index contributed by atoms with van der Waals surface area (Å²) in [6.45, 7) is 0.785. The van der Waals surface area contributed by atoms with Gasteiger partial charge in [-0.25, -0.2) is 0 Å². The van der Waals surface area contributed by atoms with Crippen molar-refractivity contribution in [1.29, 1.82) is 0 Å². The largest absolute Gasteiger partial charge is 0.329 e. The van der Waals surface area contributed by atoms with Gasteiger partial charge >= 0.3 is 0 Å². The van der Waals surface area contributed by atoms with Crippen LogP contribution in [0.1, 0.15) is 12.8 Å². The minimum atomic E-state index is -0.295. The summed E-state index contributed by atoms with van der Waals surface area (Å²) in [5, 5.41) is 0. The number of hydrogen-bond donors (Lipinski definition) is 0. The van der Waals surface area contributed by atoms with Gasteiger partial charge in [-0.3, -0.25) is 9.59 Å². The molecule has 0 aliphatic carbocycles. The Morgan fingerprint density at radius 3 is 2.93 bits per heavy atom. The number of nitrogens with zero attached hydrogens (tertiary/aromatic N) is 2. The molecule has 14 heavy (non-hydrogen) atoms. The first-order chi connectivity index (χ1) is 6.74. The Kier molecular flexibility index (Phi) is 2.23. The molecule has 0 radical (unpaired) electrons. The Bertz CT molecular complexity index is 290. The van der Waals surface area contributed by atoms with E-state index in [2.05, 4.69) is 0 Å². The third kappa shape index (κ3) is 1.29. The summed E-state index contributed by atoms with van der Waals surface area (Å²) in [5.74, 6) is -0.108. The second-order valence-electron chi connectivity index (χ2n) is 3.63. The minimum absolute atomic E-state index is 0.0334. The van der Waals surface area contributed by atoms with E-state index in [4.69, 9.17) is 0 Å². The fourth-order valence-electron chi connectivity index (χ4n) is 2.11. The molecule has 0 saturated carbocycles. The predicted octanol–water partition coefficient (Wildman–Crippen LogP) is -0.981. The minimum Gasteiger partial charge on any atom is -0.329 e. The van der Waals surface area contributed by atoms with Gasteiger partial charge in [-0.2, -0.15) is 0 Å². The Hall–Kier alpha value is -1.39. The lowest BCUT2D eigenvalue weighted by molar-refractivity contribution is -0.153. The maximum atomic E-state index is 11.7. The van der Waals surface area contributed by atoms with E-state index < -0.39 is 0 Å². The van der Waals surface area contributed by atoms with Crippen LogP contribution in [0.4, 0.5) is 0 Å². The summed E-state index contributed by atoms with van der Waals surface area (Å²) in [4.78, 5) is 36.5. The van der Waals surface area contributed by atoms with Crippen LogP contribution in [0, 0.1) is 0 Å². The van der Waals surface area contributed by atoms with Crippen molar-refractivity contribution < 1.29 is 14.4 Å². The second kappa shape index (κ2) is 3.40. The van der Waals surface area contributed by atoms with Gasteiger partial charge in [0.25, 0.3) is 0 Å². The number of carbonyl (C=O) groups is 3. The smallest absolute Gasteiger partial charge is 0.246 e. The molecule has 1 atom stereocenters. The van der Waals surface area contributed by atoms with Crippen LogP contribution in [0.5, 0.6) is 0 Å². The maximum absolute atomic E-state index is 11.7. The number of amides is 2. The zero-order valence-electron chi connectivity index (χ0n) is 7.81. The van der Waals surface area contributed by atoms with Gasteiger partial charge in [0.1, 0.15) is 18.9 Å². The predicted molar refractivity (Wildman–Crippen MR) is 47.4 cm³/mol. The van der Waals surface area contributed by atoms with Crippen molar-refractivity contribution in [2.45, 2.75) is 18.9 Å². The van der Waals surface area contributed by atoms with Gasteiger partial charge in [0.2, 0.25) is 11.8 Å². The fourth-order valence-corrected chi connectivity index (χ4v) is 2.11. The monoisotopic (exact) mass is 196 g/mol. The molecule has 2 aliphatic rings. The lowest BCUT2D eigenvalue weighted by Crippen LogP contribution is -2.57. The fraction of sp³-hybridized carbons (Fsp3) is 0.667. The lowest BCUT2D eigenvalue weighted by Gasteiger charge is -2.35. The van der Waals surface area contributed by atoms with Crippen LogP contribution < -0.4 is 0 Å². The van der Waals surface area contributed by atoms with Gasteiger partial charge in [-0.15, -0.1) is 0 Å². The first-order valence-electron chi connectivity index (χ1n) is 4.76. The van der Waals surface area contributed by atoms with Crippen molar-refractivity contribution >= 4 is 18.1 Å². The third-order valence-electron chi connectivity index (χ3n) is 2.79. The molecule has 0 bridgehead atoms. The van der Waals surface area contributed by atoms with Crippen molar-refractivity contribution in [2.24, 2.45) is 0 Å². The van der Waals surface area contributed by atoms with Crippen molar-refractivity contribution in [3.63, 3.8) is 0 Å². The molecule has 76 valence electrons. The van der Waals surface area contributed by atoms with E-state index in [0.29, 0.717) is 12.8 Å². The second-order valence-corrected chi connectivity index (χ2v) is 3.63. The summed E-state index contributed by atoms with van der Waals surface area (Å²) in [6, 6.07) is -0.295. The van der Waals surface area contributed by atoms with Gasteiger partial charge < -0.3 is 14.6 Å². The number of piperazine rings is 1. The Morgan fingerprint density at radius 1 is 1.43 bits per heavy atom. The Morgan fingerprint density at radius 2 is 2.21 bits per heavy atom. The number of aldehydes is 1. The normalized spacial score (nSPS) is 26.7. The molecule has 2 aliphatic heterocycles. The number of hydrogen-bond acceptors (Lipinski definition) is 3. The maximum Gasteiger partial charge on any atom is 0.246 e. The number of fused-ring (bicyclic) bond motifs is 1. The summed E-state index contributed by atoms with van der Waals surface area (Å²) < 4.78 is 0.